The summed E-state index contributed by atoms with van der Waals surface area (Å²) >= 11 is 0. The summed E-state index contributed by atoms with van der Waals surface area (Å²) in [5.41, 5.74) is -0.716. The molecular formula is C15H27NO3. The van der Waals surface area contributed by atoms with Crippen LogP contribution in [0.3, 0.4) is 0 Å². The molecule has 0 radical (unpaired) electrons. The Morgan fingerprint density at radius 1 is 1.37 bits per heavy atom. The molecule has 4 atom stereocenters. The van der Waals surface area contributed by atoms with Crippen molar-refractivity contribution in [2.75, 3.05) is 13.7 Å². The number of hydrogen-bond donors (Lipinski definition) is 1. The molecule has 4 heteroatoms. The van der Waals surface area contributed by atoms with Crippen LogP contribution in [-0.2, 0) is 9.53 Å². The van der Waals surface area contributed by atoms with Crippen molar-refractivity contribution in [1.82, 2.24) is 4.90 Å². The summed E-state index contributed by atoms with van der Waals surface area (Å²) in [4.78, 5) is 14.7. The van der Waals surface area contributed by atoms with Gasteiger partial charge in [-0.15, -0.1) is 0 Å². The van der Waals surface area contributed by atoms with Gasteiger partial charge in [-0.3, -0.25) is 4.79 Å². The molecule has 19 heavy (non-hydrogen) atoms. The van der Waals surface area contributed by atoms with Gasteiger partial charge in [0.25, 0.3) is 5.91 Å². The van der Waals surface area contributed by atoms with E-state index in [1.54, 1.807) is 7.11 Å². The number of rotatable bonds is 4. The van der Waals surface area contributed by atoms with Gasteiger partial charge in [0.05, 0.1) is 6.10 Å². The number of methoxy groups -OCH3 is 1. The highest BCUT2D eigenvalue weighted by atomic mass is 16.5. The molecule has 1 N–H and O–H groups in total. The van der Waals surface area contributed by atoms with Crippen LogP contribution in [0.1, 0.15) is 52.4 Å². The van der Waals surface area contributed by atoms with Gasteiger partial charge in [0.15, 0.2) is 0 Å². The number of nitrogens with zero attached hydrogens (tertiary/aromatic N) is 1. The predicted octanol–water partition coefficient (Wildman–Crippen LogP) is 1.95. The van der Waals surface area contributed by atoms with Crippen LogP contribution in [0, 0.1) is 5.92 Å². The molecule has 0 aromatic rings. The van der Waals surface area contributed by atoms with Crippen LogP contribution >= 0.6 is 0 Å². The molecule has 4 unspecified atom stereocenters. The normalized spacial score (nSPS) is 34.5. The second-order valence-corrected chi connectivity index (χ2v) is 6.16. The first-order valence-corrected chi connectivity index (χ1v) is 7.57. The number of ether oxygens (including phenoxy) is 1. The standard InChI is InChI=1S/C15H27NO3/c1-4-15(2,19-3)14(18)16-10-6-8-12(16)11-7-5-9-13(11)17/h11-13,17H,4-10H2,1-3H3. The van der Waals surface area contributed by atoms with E-state index in [0.29, 0.717) is 6.42 Å². The second-order valence-electron chi connectivity index (χ2n) is 6.16. The highest BCUT2D eigenvalue weighted by molar-refractivity contribution is 5.85. The monoisotopic (exact) mass is 269 g/mol. The molecule has 1 amide bonds. The Kier molecular flexibility index (Phi) is 4.51. The number of carbonyl (C=O) groups excluding carboxylic acids is 1. The predicted molar refractivity (Wildman–Crippen MR) is 73.8 cm³/mol. The van der Waals surface area contributed by atoms with Crippen molar-refractivity contribution in [2.45, 2.75) is 70.1 Å². The molecule has 2 rings (SSSR count). The average molecular weight is 269 g/mol. The van der Waals surface area contributed by atoms with E-state index < -0.39 is 5.60 Å². The molecule has 1 aliphatic carbocycles. The van der Waals surface area contributed by atoms with Gasteiger partial charge < -0.3 is 14.7 Å². The molecule has 110 valence electrons. The van der Waals surface area contributed by atoms with Crippen LogP contribution in [0.2, 0.25) is 0 Å². The third kappa shape index (κ3) is 2.65. The summed E-state index contributed by atoms with van der Waals surface area (Å²) in [6.45, 7) is 4.67. The van der Waals surface area contributed by atoms with E-state index in [1.165, 1.54) is 0 Å². The molecule has 4 nitrogen and oxygen atoms in total. The Labute approximate surface area is 116 Å². The van der Waals surface area contributed by atoms with Crippen molar-refractivity contribution in [3.05, 3.63) is 0 Å². The first-order valence-electron chi connectivity index (χ1n) is 7.57. The van der Waals surface area contributed by atoms with Crippen LogP contribution in [0.4, 0.5) is 0 Å². The molecular weight excluding hydrogens is 242 g/mol. The van der Waals surface area contributed by atoms with Gasteiger partial charge in [0, 0.05) is 25.6 Å². The number of likely N-dealkylation sites (tertiary alicyclic amines) is 1. The fourth-order valence-electron chi connectivity index (χ4n) is 3.59. The van der Waals surface area contributed by atoms with Crippen LogP contribution in [0.5, 0.6) is 0 Å². The van der Waals surface area contributed by atoms with Crippen molar-refractivity contribution in [2.24, 2.45) is 5.92 Å². The summed E-state index contributed by atoms with van der Waals surface area (Å²) in [6.07, 6.45) is 5.54. The first kappa shape index (κ1) is 14.8. The Hall–Kier alpha value is -0.610. The quantitative estimate of drug-likeness (QED) is 0.848. The maximum atomic E-state index is 12.7. The van der Waals surface area contributed by atoms with Crippen molar-refractivity contribution < 1.29 is 14.6 Å². The molecule has 1 saturated heterocycles. The summed E-state index contributed by atoms with van der Waals surface area (Å²) in [5, 5.41) is 10.1. The minimum atomic E-state index is -0.716. The molecule has 1 heterocycles. The van der Waals surface area contributed by atoms with Crippen molar-refractivity contribution in [3.63, 3.8) is 0 Å². The van der Waals surface area contributed by atoms with Crippen LogP contribution in [0.15, 0.2) is 0 Å². The van der Waals surface area contributed by atoms with Crippen molar-refractivity contribution in [1.29, 1.82) is 0 Å². The SMILES string of the molecule is CCC(C)(OC)C(=O)N1CCCC1C1CCCC1O. The minimum absolute atomic E-state index is 0.0964. The summed E-state index contributed by atoms with van der Waals surface area (Å²) in [5.74, 6) is 0.364. The third-order valence-electron chi connectivity index (χ3n) is 5.16. The van der Waals surface area contributed by atoms with Gasteiger partial charge in [-0.05, 0) is 39.0 Å². The van der Waals surface area contributed by atoms with Crippen LogP contribution < -0.4 is 0 Å². The summed E-state index contributed by atoms with van der Waals surface area (Å²) in [7, 11) is 1.61. The Morgan fingerprint density at radius 2 is 2.11 bits per heavy atom. The Balaban J connectivity index is 2.12. The van der Waals surface area contributed by atoms with Crippen molar-refractivity contribution in [3.8, 4) is 0 Å². The molecule has 2 fully saturated rings. The lowest BCUT2D eigenvalue weighted by molar-refractivity contribution is -0.155. The number of carbonyl (C=O) groups is 1. The molecule has 0 aromatic heterocycles. The summed E-state index contributed by atoms with van der Waals surface area (Å²) in [6, 6.07) is 0.214. The lowest BCUT2D eigenvalue weighted by Gasteiger charge is -2.37. The molecule has 0 aromatic carbocycles. The van der Waals surface area contributed by atoms with Gasteiger partial charge in [0.1, 0.15) is 5.60 Å². The number of aliphatic hydroxyl groups excluding tert-OH is 1. The maximum Gasteiger partial charge on any atom is 0.254 e. The molecule has 0 spiro atoms. The molecule has 1 saturated carbocycles. The highest BCUT2D eigenvalue weighted by Gasteiger charge is 2.44. The highest BCUT2D eigenvalue weighted by Crippen LogP contribution is 2.37. The van der Waals surface area contributed by atoms with E-state index in [0.717, 1.165) is 38.6 Å². The van der Waals surface area contributed by atoms with E-state index in [2.05, 4.69) is 0 Å². The lowest BCUT2D eigenvalue weighted by atomic mass is 9.92. The zero-order valence-corrected chi connectivity index (χ0v) is 12.4. The fourth-order valence-corrected chi connectivity index (χ4v) is 3.59. The summed E-state index contributed by atoms with van der Waals surface area (Å²) < 4.78 is 5.45. The zero-order chi connectivity index (χ0) is 14.0. The molecule has 0 bridgehead atoms. The maximum absolute atomic E-state index is 12.7. The minimum Gasteiger partial charge on any atom is -0.393 e. The van der Waals surface area contributed by atoms with Crippen molar-refractivity contribution >= 4 is 5.91 Å². The largest absolute Gasteiger partial charge is 0.393 e. The van der Waals surface area contributed by atoms with E-state index in [1.807, 2.05) is 18.7 Å². The molecule has 1 aliphatic heterocycles. The zero-order valence-electron chi connectivity index (χ0n) is 12.4. The molecule has 2 aliphatic rings. The van der Waals surface area contributed by atoms with Crippen LogP contribution in [0.25, 0.3) is 0 Å². The average Bonchev–Trinajstić information content (AvgIpc) is 3.04. The topological polar surface area (TPSA) is 49.8 Å². The Bertz CT molecular complexity index is 327. The third-order valence-corrected chi connectivity index (χ3v) is 5.16. The number of hydrogen-bond acceptors (Lipinski definition) is 3. The van der Waals surface area contributed by atoms with Gasteiger partial charge >= 0.3 is 0 Å². The van der Waals surface area contributed by atoms with Gasteiger partial charge in [-0.1, -0.05) is 13.3 Å². The van der Waals surface area contributed by atoms with Gasteiger partial charge in [-0.25, -0.2) is 0 Å². The second kappa shape index (κ2) is 5.80. The lowest BCUT2D eigenvalue weighted by Crippen LogP contribution is -2.52. The smallest absolute Gasteiger partial charge is 0.254 e. The van der Waals surface area contributed by atoms with E-state index in [-0.39, 0.29) is 24.0 Å². The van der Waals surface area contributed by atoms with E-state index >= 15 is 0 Å². The van der Waals surface area contributed by atoms with Gasteiger partial charge in [0.2, 0.25) is 0 Å². The Morgan fingerprint density at radius 3 is 2.63 bits per heavy atom. The van der Waals surface area contributed by atoms with E-state index in [9.17, 15) is 9.90 Å². The first-order chi connectivity index (χ1) is 9.03. The number of aliphatic hydroxyl groups is 1. The van der Waals surface area contributed by atoms with Gasteiger partial charge in [-0.2, -0.15) is 0 Å². The number of amides is 1. The fraction of sp³-hybridized carbons (Fsp3) is 0.933. The van der Waals surface area contributed by atoms with Crippen LogP contribution in [-0.4, -0.2) is 47.3 Å². The van der Waals surface area contributed by atoms with E-state index in [4.69, 9.17) is 4.74 Å².